The van der Waals surface area contributed by atoms with Crippen molar-refractivity contribution in [1.29, 1.82) is 0 Å². The molecule has 0 saturated heterocycles. The van der Waals surface area contributed by atoms with Gasteiger partial charge in [0.2, 0.25) is 0 Å². The van der Waals surface area contributed by atoms with Crippen molar-refractivity contribution in [2.75, 3.05) is 6.61 Å². The van der Waals surface area contributed by atoms with Crippen LogP contribution < -0.4 is 4.74 Å². The Morgan fingerprint density at radius 3 is 2.16 bits per heavy atom. The van der Waals surface area contributed by atoms with Crippen LogP contribution >= 0.6 is 0 Å². The van der Waals surface area contributed by atoms with Crippen molar-refractivity contribution in [3.8, 4) is 5.75 Å². The SMILES string of the molecule is CCOc1cc2c(cc1/C(=N/OCc1cccc(F)c1F)c1ccc(C(=O)O)cc1)C(C)(C)CCC2(C)C. The van der Waals surface area contributed by atoms with E-state index in [0.29, 0.717) is 29.2 Å². The molecule has 4 rings (SSSR count). The summed E-state index contributed by atoms with van der Waals surface area (Å²) in [6.07, 6.45) is 2.05. The van der Waals surface area contributed by atoms with Gasteiger partial charge in [-0.25, -0.2) is 13.6 Å². The average Bonchev–Trinajstić information content (AvgIpc) is 2.87. The van der Waals surface area contributed by atoms with Crippen molar-refractivity contribution in [3.63, 3.8) is 0 Å². The van der Waals surface area contributed by atoms with E-state index in [1.165, 1.54) is 35.4 Å². The summed E-state index contributed by atoms with van der Waals surface area (Å²) in [6.45, 7) is 10.9. The third kappa shape index (κ3) is 5.42. The first kappa shape index (κ1) is 27.3. The number of halogens is 2. The Morgan fingerprint density at radius 1 is 0.947 bits per heavy atom. The predicted octanol–water partition coefficient (Wildman–Crippen LogP) is 7.38. The molecule has 0 aromatic heterocycles. The van der Waals surface area contributed by atoms with E-state index in [2.05, 4.69) is 45.0 Å². The lowest BCUT2D eigenvalue weighted by molar-refractivity contribution is 0.0697. The summed E-state index contributed by atoms with van der Waals surface area (Å²) < 4.78 is 34.0. The maximum Gasteiger partial charge on any atom is 0.335 e. The van der Waals surface area contributed by atoms with Crippen LogP contribution in [-0.2, 0) is 22.3 Å². The van der Waals surface area contributed by atoms with Crippen LogP contribution in [0, 0.1) is 11.6 Å². The van der Waals surface area contributed by atoms with Crippen LogP contribution in [0.3, 0.4) is 0 Å². The van der Waals surface area contributed by atoms with Crippen LogP contribution in [-0.4, -0.2) is 23.4 Å². The predicted molar refractivity (Wildman–Crippen MR) is 143 cm³/mol. The fraction of sp³-hybridized carbons (Fsp3) is 0.355. The molecule has 38 heavy (non-hydrogen) atoms. The van der Waals surface area contributed by atoms with E-state index in [1.807, 2.05) is 6.92 Å². The molecule has 0 atom stereocenters. The summed E-state index contributed by atoms with van der Waals surface area (Å²) in [5.41, 5.74) is 4.12. The highest BCUT2D eigenvalue weighted by Gasteiger charge is 2.38. The van der Waals surface area contributed by atoms with E-state index in [1.54, 1.807) is 12.1 Å². The Bertz CT molecular complexity index is 1380. The largest absolute Gasteiger partial charge is 0.493 e. The Balaban J connectivity index is 1.87. The van der Waals surface area contributed by atoms with Gasteiger partial charge in [0.25, 0.3) is 0 Å². The van der Waals surface area contributed by atoms with Gasteiger partial charge in [0.05, 0.1) is 12.2 Å². The number of hydrogen-bond acceptors (Lipinski definition) is 4. The molecule has 3 aromatic rings. The molecule has 7 heteroatoms. The van der Waals surface area contributed by atoms with Gasteiger partial charge in [0.15, 0.2) is 11.6 Å². The molecule has 5 nitrogen and oxygen atoms in total. The molecule has 3 aromatic carbocycles. The molecule has 0 saturated carbocycles. The molecular formula is C31H33F2NO4. The van der Waals surface area contributed by atoms with Gasteiger partial charge < -0.3 is 14.7 Å². The minimum absolute atomic E-state index is 0.0349. The molecule has 0 unspecified atom stereocenters. The highest BCUT2D eigenvalue weighted by molar-refractivity contribution is 6.14. The molecule has 0 spiro atoms. The van der Waals surface area contributed by atoms with Gasteiger partial charge in [0, 0.05) is 16.7 Å². The Kier molecular flexibility index (Phi) is 7.58. The summed E-state index contributed by atoms with van der Waals surface area (Å²) >= 11 is 0. The third-order valence-corrected chi connectivity index (χ3v) is 7.32. The zero-order chi connectivity index (χ0) is 27.7. The monoisotopic (exact) mass is 521 g/mol. The Morgan fingerprint density at radius 2 is 1.55 bits per heavy atom. The molecule has 1 aliphatic carbocycles. The number of aromatic carboxylic acids is 1. The second kappa shape index (κ2) is 10.6. The third-order valence-electron chi connectivity index (χ3n) is 7.32. The first-order valence-electron chi connectivity index (χ1n) is 12.7. The van der Waals surface area contributed by atoms with Crippen molar-refractivity contribution < 1.29 is 28.3 Å². The summed E-state index contributed by atoms with van der Waals surface area (Å²) in [7, 11) is 0. The number of hydrogen-bond donors (Lipinski definition) is 1. The maximum atomic E-state index is 14.2. The summed E-state index contributed by atoms with van der Waals surface area (Å²) in [6, 6.07) is 14.3. The number of carbonyl (C=O) groups is 1. The standard InChI is InChI=1S/C31H33F2NO4/c1-6-37-26-17-24-23(30(2,3)14-15-31(24,4)5)16-22(26)28(19-10-12-20(13-11-19)29(35)36)34-38-18-21-8-7-9-25(32)27(21)33/h7-13,16-17H,6,14-15,18H2,1-5H3,(H,35,36)/b34-28+. The number of carboxylic acid groups (broad SMARTS) is 1. The highest BCUT2D eigenvalue weighted by atomic mass is 19.2. The first-order valence-corrected chi connectivity index (χ1v) is 12.7. The fourth-order valence-electron chi connectivity index (χ4n) is 4.91. The van der Waals surface area contributed by atoms with Crippen LogP contribution in [0.2, 0.25) is 0 Å². The number of nitrogens with zero attached hydrogens (tertiary/aromatic N) is 1. The zero-order valence-electron chi connectivity index (χ0n) is 22.4. The molecule has 0 radical (unpaired) electrons. The second-order valence-electron chi connectivity index (χ2n) is 10.9. The topological polar surface area (TPSA) is 68.1 Å². The van der Waals surface area contributed by atoms with Crippen molar-refractivity contribution in [1.82, 2.24) is 0 Å². The van der Waals surface area contributed by atoms with E-state index in [-0.39, 0.29) is 28.6 Å². The average molecular weight is 522 g/mol. The number of carboxylic acids is 1. The van der Waals surface area contributed by atoms with Gasteiger partial charge >= 0.3 is 5.97 Å². The molecule has 0 bridgehead atoms. The van der Waals surface area contributed by atoms with Crippen molar-refractivity contribution >= 4 is 11.7 Å². The highest BCUT2D eigenvalue weighted by Crippen LogP contribution is 2.48. The first-order chi connectivity index (χ1) is 17.9. The molecule has 0 fully saturated rings. The number of benzene rings is 3. The summed E-state index contributed by atoms with van der Waals surface area (Å²) in [5.74, 6) is -2.36. The molecular weight excluding hydrogens is 488 g/mol. The van der Waals surface area contributed by atoms with E-state index in [4.69, 9.17) is 9.57 Å². The van der Waals surface area contributed by atoms with Crippen LogP contribution in [0.15, 0.2) is 59.8 Å². The van der Waals surface area contributed by atoms with Crippen molar-refractivity contribution in [2.24, 2.45) is 5.16 Å². The van der Waals surface area contributed by atoms with Gasteiger partial charge in [0.1, 0.15) is 18.1 Å². The summed E-state index contributed by atoms with van der Waals surface area (Å²) in [5, 5.41) is 13.7. The van der Waals surface area contributed by atoms with Gasteiger partial charge in [-0.15, -0.1) is 0 Å². The summed E-state index contributed by atoms with van der Waals surface area (Å²) in [4.78, 5) is 17.0. The lowest BCUT2D eigenvalue weighted by Gasteiger charge is -2.42. The van der Waals surface area contributed by atoms with Crippen LogP contribution in [0.25, 0.3) is 0 Å². The number of ether oxygens (including phenoxy) is 1. The van der Waals surface area contributed by atoms with E-state index >= 15 is 0 Å². The van der Waals surface area contributed by atoms with Crippen LogP contribution in [0.1, 0.15) is 85.6 Å². The molecule has 0 aliphatic heterocycles. The van der Waals surface area contributed by atoms with Gasteiger partial charge in [-0.05, 0) is 72.1 Å². The van der Waals surface area contributed by atoms with Crippen molar-refractivity contribution in [2.45, 2.75) is 64.9 Å². The molecule has 0 amide bonds. The Labute approximate surface area is 222 Å². The smallest absolute Gasteiger partial charge is 0.335 e. The molecule has 200 valence electrons. The fourth-order valence-corrected chi connectivity index (χ4v) is 4.91. The minimum atomic E-state index is -1.04. The normalized spacial score (nSPS) is 16.0. The minimum Gasteiger partial charge on any atom is -0.493 e. The van der Waals surface area contributed by atoms with Gasteiger partial charge in [-0.2, -0.15) is 0 Å². The van der Waals surface area contributed by atoms with Crippen LogP contribution in [0.5, 0.6) is 5.75 Å². The van der Waals surface area contributed by atoms with Crippen LogP contribution in [0.4, 0.5) is 8.78 Å². The second-order valence-corrected chi connectivity index (χ2v) is 10.9. The number of rotatable bonds is 8. The van der Waals surface area contributed by atoms with E-state index < -0.39 is 17.6 Å². The quantitative estimate of drug-likeness (QED) is 0.248. The number of fused-ring (bicyclic) bond motifs is 1. The lowest BCUT2D eigenvalue weighted by Crippen LogP contribution is -2.34. The lowest BCUT2D eigenvalue weighted by atomic mass is 9.62. The molecule has 1 aliphatic rings. The Hall–Kier alpha value is -3.74. The van der Waals surface area contributed by atoms with Gasteiger partial charge in [-0.3, -0.25) is 0 Å². The van der Waals surface area contributed by atoms with Crippen molar-refractivity contribution in [3.05, 3.63) is 99.6 Å². The molecule has 0 heterocycles. The number of oxime groups is 1. The van der Waals surface area contributed by atoms with E-state index in [9.17, 15) is 18.7 Å². The molecule has 1 N–H and O–H groups in total. The zero-order valence-corrected chi connectivity index (χ0v) is 22.4. The maximum absolute atomic E-state index is 14.2. The van der Waals surface area contributed by atoms with E-state index in [0.717, 1.165) is 18.9 Å². The van der Waals surface area contributed by atoms with Gasteiger partial charge in [-0.1, -0.05) is 57.1 Å².